The summed E-state index contributed by atoms with van der Waals surface area (Å²) >= 11 is 0. The zero-order valence-corrected chi connectivity index (χ0v) is 11.4. The molecule has 1 aromatic carbocycles. The summed E-state index contributed by atoms with van der Waals surface area (Å²) in [4.78, 5) is 16.0. The Hall–Kier alpha value is -2.96. The van der Waals surface area contributed by atoms with Gasteiger partial charge in [0.1, 0.15) is 0 Å². The summed E-state index contributed by atoms with van der Waals surface area (Å²) in [5.41, 5.74) is 7.50. The Labute approximate surface area is 120 Å². The monoisotopic (exact) mass is 283 g/mol. The maximum atomic E-state index is 11.7. The number of hydrogen-bond acceptors (Lipinski definition) is 6. The molecule has 0 unspecified atom stereocenters. The van der Waals surface area contributed by atoms with E-state index in [1.165, 1.54) is 4.68 Å². The van der Waals surface area contributed by atoms with Crippen molar-refractivity contribution in [1.29, 1.82) is 0 Å². The number of nitrogens with two attached hydrogens (primary N) is 1. The topological polar surface area (TPSA) is 95.9 Å². The van der Waals surface area contributed by atoms with Crippen molar-refractivity contribution in [3.05, 3.63) is 42.2 Å². The first kappa shape index (κ1) is 13.0. The van der Waals surface area contributed by atoms with Gasteiger partial charge < -0.3 is 10.5 Å². The standard InChI is InChI=1S/C14H13N5O2/c1-2-21-14(20)12-13(15)19(18-17-12)11-7-8-16-10-6-4-3-5-9(10)11/h3-8H,2,15H2,1H3. The molecule has 0 aliphatic heterocycles. The summed E-state index contributed by atoms with van der Waals surface area (Å²) in [6, 6.07) is 9.35. The fourth-order valence-corrected chi connectivity index (χ4v) is 2.08. The Morgan fingerprint density at radius 3 is 2.95 bits per heavy atom. The number of benzene rings is 1. The molecule has 2 heterocycles. The lowest BCUT2D eigenvalue weighted by Crippen LogP contribution is -2.09. The molecule has 21 heavy (non-hydrogen) atoms. The summed E-state index contributed by atoms with van der Waals surface area (Å²) in [6.45, 7) is 1.97. The number of esters is 1. The Bertz CT molecular complexity index is 807. The molecular weight excluding hydrogens is 270 g/mol. The van der Waals surface area contributed by atoms with E-state index in [-0.39, 0.29) is 18.1 Å². The van der Waals surface area contributed by atoms with E-state index in [2.05, 4.69) is 15.3 Å². The van der Waals surface area contributed by atoms with Crippen molar-refractivity contribution < 1.29 is 9.53 Å². The second-order valence-corrected chi connectivity index (χ2v) is 4.30. The van der Waals surface area contributed by atoms with E-state index in [9.17, 15) is 4.79 Å². The van der Waals surface area contributed by atoms with Gasteiger partial charge in [-0.25, -0.2) is 4.79 Å². The first-order chi connectivity index (χ1) is 10.2. The molecule has 7 nitrogen and oxygen atoms in total. The summed E-state index contributed by atoms with van der Waals surface area (Å²) in [7, 11) is 0. The molecular formula is C14H13N5O2. The van der Waals surface area contributed by atoms with Crippen LogP contribution in [-0.4, -0.2) is 32.6 Å². The molecule has 0 amide bonds. The Balaban J connectivity index is 2.14. The zero-order valence-electron chi connectivity index (χ0n) is 11.4. The maximum absolute atomic E-state index is 11.7. The van der Waals surface area contributed by atoms with Crippen LogP contribution >= 0.6 is 0 Å². The first-order valence-corrected chi connectivity index (χ1v) is 6.44. The maximum Gasteiger partial charge on any atom is 0.362 e. The van der Waals surface area contributed by atoms with Crippen LogP contribution in [0, 0.1) is 0 Å². The van der Waals surface area contributed by atoms with Gasteiger partial charge in [0.15, 0.2) is 5.82 Å². The number of rotatable bonds is 3. The smallest absolute Gasteiger partial charge is 0.362 e. The minimum Gasteiger partial charge on any atom is -0.461 e. The molecule has 0 aliphatic carbocycles. The van der Waals surface area contributed by atoms with E-state index >= 15 is 0 Å². The van der Waals surface area contributed by atoms with Crippen LogP contribution in [0.5, 0.6) is 0 Å². The van der Waals surface area contributed by atoms with E-state index in [1.807, 2.05) is 24.3 Å². The van der Waals surface area contributed by atoms with Crippen LogP contribution in [0.3, 0.4) is 0 Å². The van der Waals surface area contributed by atoms with Crippen molar-refractivity contribution in [2.75, 3.05) is 12.3 Å². The number of nitrogen functional groups attached to an aromatic ring is 1. The number of nitrogens with zero attached hydrogens (tertiary/aromatic N) is 4. The average Bonchev–Trinajstić information content (AvgIpc) is 2.88. The SMILES string of the molecule is CCOC(=O)c1nnn(-c2ccnc3ccccc23)c1N. The quantitative estimate of drug-likeness (QED) is 0.733. The van der Waals surface area contributed by atoms with Gasteiger partial charge in [-0.15, -0.1) is 5.10 Å². The van der Waals surface area contributed by atoms with Crippen molar-refractivity contribution in [3.63, 3.8) is 0 Å². The largest absolute Gasteiger partial charge is 0.461 e. The molecule has 0 bridgehead atoms. The lowest BCUT2D eigenvalue weighted by Gasteiger charge is -2.06. The number of fused-ring (bicyclic) bond motifs is 1. The highest BCUT2D eigenvalue weighted by atomic mass is 16.5. The summed E-state index contributed by atoms with van der Waals surface area (Å²) < 4.78 is 6.31. The lowest BCUT2D eigenvalue weighted by atomic mass is 10.2. The second kappa shape index (κ2) is 5.20. The molecule has 3 rings (SSSR count). The number of carbonyl (C=O) groups is 1. The number of ether oxygens (including phenoxy) is 1. The van der Waals surface area contributed by atoms with Crippen LogP contribution in [0.15, 0.2) is 36.5 Å². The molecule has 2 aromatic heterocycles. The minimum atomic E-state index is -0.584. The number of pyridine rings is 1. The van der Waals surface area contributed by atoms with Crippen molar-refractivity contribution >= 4 is 22.7 Å². The van der Waals surface area contributed by atoms with Crippen molar-refractivity contribution in [3.8, 4) is 5.69 Å². The third kappa shape index (κ3) is 2.18. The number of anilines is 1. The van der Waals surface area contributed by atoms with Crippen molar-refractivity contribution in [1.82, 2.24) is 20.0 Å². The van der Waals surface area contributed by atoms with Crippen LogP contribution in [0.4, 0.5) is 5.82 Å². The number of hydrogen-bond donors (Lipinski definition) is 1. The van der Waals surface area contributed by atoms with Gasteiger partial charge in [0.05, 0.1) is 17.8 Å². The minimum absolute atomic E-state index is 0.0118. The van der Waals surface area contributed by atoms with Gasteiger partial charge in [0, 0.05) is 11.6 Å². The molecule has 0 aliphatic rings. The van der Waals surface area contributed by atoms with Crippen LogP contribution in [-0.2, 0) is 4.74 Å². The van der Waals surface area contributed by atoms with E-state index in [0.29, 0.717) is 5.69 Å². The fourth-order valence-electron chi connectivity index (χ4n) is 2.08. The van der Waals surface area contributed by atoms with Crippen molar-refractivity contribution in [2.24, 2.45) is 0 Å². The Kier molecular flexibility index (Phi) is 3.23. The third-order valence-electron chi connectivity index (χ3n) is 3.03. The normalized spacial score (nSPS) is 10.7. The molecule has 0 saturated heterocycles. The molecule has 0 spiro atoms. The lowest BCUT2D eigenvalue weighted by molar-refractivity contribution is 0.0520. The molecule has 106 valence electrons. The van der Waals surface area contributed by atoms with Crippen LogP contribution in [0.25, 0.3) is 16.6 Å². The number of aromatic nitrogens is 4. The van der Waals surface area contributed by atoms with Gasteiger partial charge in [0.2, 0.25) is 5.69 Å². The van der Waals surface area contributed by atoms with Crippen LogP contribution in [0.2, 0.25) is 0 Å². The van der Waals surface area contributed by atoms with E-state index in [1.54, 1.807) is 19.2 Å². The average molecular weight is 283 g/mol. The van der Waals surface area contributed by atoms with Gasteiger partial charge in [-0.3, -0.25) is 4.98 Å². The number of para-hydroxylation sites is 1. The van der Waals surface area contributed by atoms with Crippen LogP contribution < -0.4 is 5.73 Å². The van der Waals surface area contributed by atoms with Gasteiger partial charge >= 0.3 is 5.97 Å². The molecule has 2 N–H and O–H groups in total. The molecule has 3 aromatic rings. The molecule has 0 fully saturated rings. The van der Waals surface area contributed by atoms with Gasteiger partial charge in [-0.1, -0.05) is 23.4 Å². The van der Waals surface area contributed by atoms with E-state index in [4.69, 9.17) is 10.5 Å². The zero-order chi connectivity index (χ0) is 14.8. The second-order valence-electron chi connectivity index (χ2n) is 4.30. The summed E-state index contributed by atoms with van der Waals surface area (Å²) in [5, 5.41) is 8.63. The van der Waals surface area contributed by atoms with E-state index in [0.717, 1.165) is 10.9 Å². The predicted octanol–water partition coefficient (Wildman–Crippen LogP) is 1.57. The summed E-state index contributed by atoms with van der Waals surface area (Å²) in [6.07, 6.45) is 1.66. The first-order valence-electron chi connectivity index (χ1n) is 6.44. The fraction of sp³-hybridized carbons (Fsp3) is 0.143. The predicted molar refractivity (Wildman–Crippen MR) is 77.0 cm³/mol. The number of carbonyl (C=O) groups excluding carboxylic acids is 1. The molecule has 0 radical (unpaired) electrons. The highest BCUT2D eigenvalue weighted by Crippen LogP contribution is 2.23. The van der Waals surface area contributed by atoms with Gasteiger partial charge in [0.25, 0.3) is 0 Å². The van der Waals surface area contributed by atoms with E-state index < -0.39 is 5.97 Å². The van der Waals surface area contributed by atoms with Crippen LogP contribution in [0.1, 0.15) is 17.4 Å². The summed E-state index contributed by atoms with van der Waals surface area (Å²) in [5.74, 6) is -0.440. The third-order valence-corrected chi connectivity index (χ3v) is 3.03. The molecule has 7 heteroatoms. The van der Waals surface area contributed by atoms with Crippen molar-refractivity contribution in [2.45, 2.75) is 6.92 Å². The Morgan fingerprint density at radius 2 is 2.14 bits per heavy atom. The molecule has 0 saturated carbocycles. The Morgan fingerprint density at radius 1 is 1.33 bits per heavy atom. The van der Waals surface area contributed by atoms with Gasteiger partial charge in [-0.2, -0.15) is 4.68 Å². The van der Waals surface area contributed by atoms with Gasteiger partial charge in [-0.05, 0) is 19.1 Å². The molecule has 0 atom stereocenters. The highest BCUT2D eigenvalue weighted by Gasteiger charge is 2.20. The highest BCUT2D eigenvalue weighted by molar-refractivity contribution is 5.93.